The third kappa shape index (κ3) is 5.47. The summed E-state index contributed by atoms with van der Waals surface area (Å²) < 4.78 is 7.60. The molecule has 0 radical (unpaired) electrons. The molecular weight excluding hydrogens is 538 g/mol. The third-order valence-electron chi connectivity index (χ3n) is 4.04. The molecule has 0 spiro atoms. The number of hydrogen-bond donors (Lipinski definition) is 2. The first-order valence-electron chi connectivity index (χ1n) is 8.64. The molecule has 31 heavy (non-hydrogen) atoms. The van der Waals surface area contributed by atoms with Crippen molar-refractivity contribution in [1.82, 2.24) is 15.2 Å². The Hall–Kier alpha value is -3.25. The van der Waals surface area contributed by atoms with Gasteiger partial charge in [-0.3, -0.25) is 19.6 Å². The second-order valence-electron chi connectivity index (χ2n) is 6.20. The zero-order valence-corrected chi connectivity index (χ0v) is 19.1. The molecule has 0 bridgehead atoms. The van der Waals surface area contributed by atoms with Crippen molar-refractivity contribution in [2.75, 3.05) is 7.11 Å². The van der Waals surface area contributed by atoms with E-state index in [1.807, 2.05) is 24.3 Å². The van der Waals surface area contributed by atoms with Gasteiger partial charge in [-0.2, -0.15) is 10.2 Å². The number of nitrogens with zero attached hydrogens (tertiary/aromatic N) is 4. The summed E-state index contributed by atoms with van der Waals surface area (Å²) in [4.78, 5) is 23.1. The Balaban J connectivity index is 1.78. The molecule has 0 aliphatic heterocycles. The molecule has 3 aromatic rings. The van der Waals surface area contributed by atoms with E-state index >= 15 is 0 Å². The summed E-state index contributed by atoms with van der Waals surface area (Å²) >= 11 is 6.55. The lowest BCUT2D eigenvalue weighted by molar-refractivity contribution is -0.385. The van der Waals surface area contributed by atoms with E-state index in [9.17, 15) is 20.0 Å². The number of methoxy groups -OCH3 is 1. The normalized spacial score (nSPS) is 10.9. The van der Waals surface area contributed by atoms with Crippen molar-refractivity contribution in [3.8, 4) is 11.5 Å². The van der Waals surface area contributed by atoms with E-state index in [4.69, 9.17) is 4.74 Å². The molecule has 160 valence electrons. The van der Waals surface area contributed by atoms with Gasteiger partial charge in [0.25, 0.3) is 5.91 Å². The molecule has 0 aliphatic rings. The molecule has 10 nitrogen and oxygen atoms in total. The number of rotatable bonds is 7. The van der Waals surface area contributed by atoms with Gasteiger partial charge in [0, 0.05) is 4.47 Å². The second-order valence-corrected chi connectivity index (χ2v) is 7.97. The van der Waals surface area contributed by atoms with Gasteiger partial charge in [0.15, 0.2) is 11.5 Å². The van der Waals surface area contributed by atoms with E-state index in [0.717, 1.165) is 10.0 Å². The van der Waals surface area contributed by atoms with E-state index in [1.165, 1.54) is 30.3 Å². The molecule has 1 aromatic heterocycles. The Labute approximate surface area is 192 Å². The summed E-state index contributed by atoms with van der Waals surface area (Å²) in [7, 11) is 1.40. The molecule has 2 N–H and O–H groups in total. The molecule has 12 heteroatoms. The number of benzene rings is 2. The summed E-state index contributed by atoms with van der Waals surface area (Å²) in [6.07, 6.45) is 2.50. The molecule has 0 saturated heterocycles. The summed E-state index contributed by atoms with van der Waals surface area (Å²) in [6, 6.07) is 10.4. The Morgan fingerprint density at radius 2 is 2.16 bits per heavy atom. The average molecular weight is 553 g/mol. The predicted octanol–water partition coefficient (Wildman–Crippen LogP) is 3.84. The van der Waals surface area contributed by atoms with Crippen LogP contribution in [0, 0.1) is 10.1 Å². The van der Waals surface area contributed by atoms with Crippen LogP contribution in [0.5, 0.6) is 11.5 Å². The fourth-order valence-corrected chi connectivity index (χ4v) is 3.56. The number of carbonyl (C=O) groups is 1. The lowest BCUT2D eigenvalue weighted by Crippen LogP contribution is -2.19. The smallest absolute Gasteiger partial charge is 0.320 e. The zero-order chi connectivity index (χ0) is 22.5. The van der Waals surface area contributed by atoms with Crippen LogP contribution in [0.15, 0.2) is 56.6 Å². The van der Waals surface area contributed by atoms with Crippen LogP contribution in [0.4, 0.5) is 5.69 Å². The molecule has 0 aliphatic carbocycles. The number of ether oxygens (including phenoxy) is 1. The number of phenolic OH excluding ortho intramolecular Hbond substituents is 1. The molecule has 0 saturated carbocycles. The molecule has 0 unspecified atom stereocenters. The van der Waals surface area contributed by atoms with Crippen LogP contribution in [0.3, 0.4) is 0 Å². The number of nitro groups is 1. The topological polar surface area (TPSA) is 132 Å². The monoisotopic (exact) mass is 551 g/mol. The van der Waals surface area contributed by atoms with Gasteiger partial charge in [0.2, 0.25) is 5.69 Å². The molecule has 1 heterocycles. The van der Waals surface area contributed by atoms with Crippen molar-refractivity contribution in [2.45, 2.75) is 6.54 Å². The minimum absolute atomic E-state index is 0.0738. The first-order valence-corrected chi connectivity index (χ1v) is 10.2. The van der Waals surface area contributed by atoms with Crippen LogP contribution in [-0.2, 0) is 6.54 Å². The molecular formula is C19H15Br2N5O5. The standard InChI is InChI=1S/C19H15Br2N5O5/c1-31-16-7-12(6-14(21)18(16)27)8-22-23-19(28)17-15(26(29)30)10-25(24-17)9-11-3-2-4-13(20)5-11/h2-8,10,27H,9H2,1H3,(H,23,28)/b22-8+. The van der Waals surface area contributed by atoms with E-state index in [1.54, 1.807) is 6.07 Å². The number of nitrogens with one attached hydrogen (secondary N) is 1. The number of amides is 1. The molecule has 0 fully saturated rings. The highest BCUT2D eigenvalue weighted by atomic mass is 79.9. The number of hydrogen-bond acceptors (Lipinski definition) is 7. The second kappa shape index (κ2) is 9.71. The van der Waals surface area contributed by atoms with E-state index in [2.05, 4.69) is 47.5 Å². The predicted molar refractivity (Wildman–Crippen MR) is 120 cm³/mol. The highest BCUT2D eigenvalue weighted by molar-refractivity contribution is 9.10. The quantitative estimate of drug-likeness (QED) is 0.260. The fourth-order valence-electron chi connectivity index (χ4n) is 2.65. The highest BCUT2D eigenvalue weighted by Crippen LogP contribution is 2.34. The Morgan fingerprint density at radius 1 is 1.39 bits per heavy atom. The number of phenols is 1. The number of hydrazone groups is 1. The fraction of sp³-hybridized carbons (Fsp3) is 0.105. The number of carbonyl (C=O) groups excluding carboxylic acids is 1. The first kappa shape index (κ1) is 22.4. The zero-order valence-electron chi connectivity index (χ0n) is 16.0. The van der Waals surface area contributed by atoms with Crippen molar-refractivity contribution >= 4 is 49.7 Å². The molecule has 1 amide bonds. The summed E-state index contributed by atoms with van der Waals surface area (Å²) in [6.45, 7) is 0.248. The summed E-state index contributed by atoms with van der Waals surface area (Å²) in [5.41, 5.74) is 2.79. The third-order valence-corrected chi connectivity index (χ3v) is 5.14. The van der Waals surface area contributed by atoms with Crippen LogP contribution in [0.1, 0.15) is 21.6 Å². The van der Waals surface area contributed by atoms with Gasteiger partial charge in [-0.25, -0.2) is 5.43 Å². The van der Waals surface area contributed by atoms with Crippen molar-refractivity contribution in [1.29, 1.82) is 0 Å². The minimum Gasteiger partial charge on any atom is -0.503 e. The van der Waals surface area contributed by atoms with Gasteiger partial charge in [-0.05, 0) is 51.3 Å². The van der Waals surface area contributed by atoms with Gasteiger partial charge in [0.1, 0.15) is 6.20 Å². The molecule has 2 aromatic carbocycles. The maximum Gasteiger partial charge on any atom is 0.320 e. The lowest BCUT2D eigenvalue weighted by atomic mass is 10.2. The maximum atomic E-state index is 12.4. The van der Waals surface area contributed by atoms with Gasteiger partial charge in [0.05, 0.1) is 29.3 Å². The number of aromatic hydroxyl groups is 1. The van der Waals surface area contributed by atoms with E-state index in [0.29, 0.717) is 10.0 Å². The van der Waals surface area contributed by atoms with Crippen LogP contribution >= 0.6 is 31.9 Å². The Kier molecular flexibility index (Phi) is 7.02. The van der Waals surface area contributed by atoms with Crippen molar-refractivity contribution in [2.24, 2.45) is 5.10 Å². The molecule has 3 rings (SSSR count). The maximum absolute atomic E-state index is 12.4. The van der Waals surface area contributed by atoms with Crippen LogP contribution in [0.25, 0.3) is 0 Å². The minimum atomic E-state index is -0.833. The highest BCUT2D eigenvalue weighted by Gasteiger charge is 2.25. The van der Waals surface area contributed by atoms with Gasteiger partial charge >= 0.3 is 5.69 Å². The van der Waals surface area contributed by atoms with Crippen LogP contribution < -0.4 is 10.2 Å². The lowest BCUT2D eigenvalue weighted by Gasteiger charge is -2.06. The van der Waals surface area contributed by atoms with Crippen molar-refractivity contribution < 1.29 is 19.6 Å². The largest absolute Gasteiger partial charge is 0.503 e. The molecule has 0 atom stereocenters. The number of halogens is 2. The Morgan fingerprint density at radius 3 is 2.84 bits per heavy atom. The van der Waals surface area contributed by atoms with Gasteiger partial charge < -0.3 is 9.84 Å². The van der Waals surface area contributed by atoms with Crippen molar-refractivity contribution in [3.05, 3.63) is 78.5 Å². The first-order chi connectivity index (χ1) is 14.8. The Bertz CT molecular complexity index is 1180. The average Bonchev–Trinajstić information content (AvgIpc) is 3.14. The van der Waals surface area contributed by atoms with Crippen LogP contribution in [-0.4, -0.2) is 39.0 Å². The van der Waals surface area contributed by atoms with E-state index < -0.39 is 16.5 Å². The summed E-state index contributed by atoms with van der Waals surface area (Å²) in [5, 5.41) is 29.0. The van der Waals surface area contributed by atoms with Gasteiger partial charge in [-0.15, -0.1) is 0 Å². The van der Waals surface area contributed by atoms with Gasteiger partial charge in [-0.1, -0.05) is 28.1 Å². The SMILES string of the molecule is COc1cc(/C=N/NC(=O)c2nn(Cc3cccc(Br)c3)cc2[N+](=O)[O-])cc(Br)c1O. The van der Waals surface area contributed by atoms with E-state index in [-0.39, 0.29) is 23.7 Å². The number of aromatic nitrogens is 2. The van der Waals surface area contributed by atoms with Crippen molar-refractivity contribution in [3.63, 3.8) is 0 Å². The summed E-state index contributed by atoms with van der Waals surface area (Å²) in [5.74, 6) is -0.694. The van der Waals surface area contributed by atoms with Crippen LogP contribution in [0.2, 0.25) is 0 Å².